The minimum absolute atomic E-state index is 0.257. The van der Waals surface area contributed by atoms with E-state index in [1.807, 2.05) is 41.2 Å². The molecule has 0 aliphatic rings. The van der Waals surface area contributed by atoms with Gasteiger partial charge in [-0.05, 0) is 110 Å². The lowest BCUT2D eigenvalue weighted by atomic mass is 10.4. The van der Waals surface area contributed by atoms with Gasteiger partial charge in [0.05, 0.1) is 0 Å². The predicted octanol–water partition coefficient (Wildman–Crippen LogP) is 7.20. The first-order valence-corrected chi connectivity index (χ1v) is 26.2. The Balaban J connectivity index is 4.12. The average molecular weight is 675 g/mol. The van der Waals surface area contributed by atoms with Gasteiger partial charge in [-0.15, -0.1) is 0 Å². The highest BCUT2D eigenvalue weighted by Crippen LogP contribution is 2.43. The van der Waals surface area contributed by atoms with Crippen molar-refractivity contribution < 1.29 is 8.85 Å². The maximum Gasteiger partial charge on any atom is 0.176 e. The first-order valence-electron chi connectivity index (χ1n) is 16.1. The maximum atomic E-state index is 6.69. The monoisotopic (exact) mass is 674 g/mol. The molecule has 4 atom stereocenters. The average Bonchev–Trinajstić information content (AvgIpc) is 2.96. The Labute approximate surface area is 269 Å². The second kappa shape index (κ2) is 28.1. The highest BCUT2D eigenvalue weighted by atomic mass is 33.7. The Morgan fingerprint density at radius 3 is 1.12 bits per heavy atom. The van der Waals surface area contributed by atoms with Crippen LogP contribution in [0.15, 0.2) is 0 Å². The number of hydrogen-bond acceptors (Lipinski definition) is 10. The second-order valence-electron chi connectivity index (χ2n) is 10.3. The quantitative estimate of drug-likeness (QED) is 0.0351. The van der Waals surface area contributed by atoms with E-state index in [-0.39, 0.29) is 12.5 Å². The van der Waals surface area contributed by atoms with Crippen molar-refractivity contribution in [2.75, 3.05) is 77.0 Å². The molecule has 0 bridgehead atoms. The van der Waals surface area contributed by atoms with E-state index >= 15 is 0 Å². The van der Waals surface area contributed by atoms with Crippen molar-refractivity contribution in [3.63, 3.8) is 0 Å². The third-order valence-corrected chi connectivity index (χ3v) is 18.3. The van der Waals surface area contributed by atoms with Crippen molar-refractivity contribution in [2.45, 2.75) is 106 Å². The highest BCUT2D eigenvalue weighted by molar-refractivity contribution is 9.26. The lowest BCUT2D eigenvalue weighted by Gasteiger charge is -2.35. The SMILES string of the molecule is CCN(CC)CC(O[SiH](C)CCCSSSSCCC[SiH](C)OC(CN(CC)CC)N(CC)CC)N(CC)CC. The number of likely N-dealkylation sites (N-methyl/N-ethyl adjacent to an activating group) is 4. The fraction of sp³-hybridized carbons (Fsp3) is 1.00. The molecule has 0 amide bonds. The molecule has 4 unspecified atom stereocenters. The number of hydrogen-bond donors (Lipinski definition) is 0. The van der Waals surface area contributed by atoms with Gasteiger partial charge >= 0.3 is 0 Å². The van der Waals surface area contributed by atoms with Gasteiger partial charge in [-0.25, -0.2) is 0 Å². The Bertz CT molecular complexity index is 504. The van der Waals surface area contributed by atoms with E-state index in [9.17, 15) is 0 Å². The molecule has 0 spiro atoms. The predicted molar refractivity (Wildman–Crippen MR) is 196 cm³/mol. The molecule has 0 aromatic heterocycles. The molecule has 6 nitrogen and oxygen atoms in total. The van der Waals surface area contributed by atoms with Gasteiger partial charge in [-0.1, -0.05) is 77.0 Å². The molecule has 0 radical (unpaired) electrons. The summed E-state index contributed by atoms with van der Waals surface area (Å²) in [5, 5.41) is 0. The summed E-state index contributed by atoms with van der Waals surface area (Å²) in [7, 11) is 5.64. The van der Waals surface area contributed by atoms with Gasteiger partial charge in [0.15, 0.2) is 18.1 Å². The molecule has 0 aliphatic carbocycles. The van der Waals surface area contributed by atoms with E-state index < -0.39 is 18.1 Å². The molecule has 0 N–H and O–H groups in total. The molecular formula is C28H66N4O2S4Si2. The van der Waals surface area contributed by atoms with Crippen LogP contribution in [0.5, 0.6) is 0 Å². The Kier molecular flexibility index (Phi) is 29.2. The van der Waals surface area contributed by atoms with Crippen molar-refractivity contribution in [3.05, 3.63) is 0 Å². The lowest BCUT2D eigenvalue weighted by Crippen LogP contribution is -2.47. The summed E-state index contributed by atoms with van der Waals surface area (Å²) in [6, 6.07) is 2.54. The Morgan fingerprint density at radius 2 is 0.850 bits per heavy atom. The molecule has 0 fully saturated rings. The van der Waals surface area contributed by atoms with Gasteiger partial charge < -0.3 is 8.85 Å². The van der Waals surface area contributed by atoms with Crippen LogP contribution in [0.4, 0.5) is 0 Å². The van der Waals surface area contributed by atoms with Crippen molar-refractivity contribution in [1.82, 2.24) is 19.6 Å². The minimum atomic E-state index is -1.16. The molecular weight excluding hydrogens is 609 g/mol. The smallest absolute Gasteiger partial charge is 0.176 e. The molecule has 0 aliphatic heterocycles. The topological polar surface area (TPSA) is 31.4 Å². The summed E-state index contributed by atoms with van der Waals surface area (Å²) < 4.78 is 13.4. The second-order valence-corrected chi connectivity index (χ2v) is 21.5. The van der Waals surface area contributed by atoms with Crippen molar-refractivity contribution in [2.24, 2.45) is 0 Å². The van der Waals surface area contributed by atoms with Crippen LogP contribution < -0.4 is 0 Å². The van der Waals surface area contributed by atoms with Gasteiger partial charge in [0.1, 0.15) is 12.5 Å². The van der Waals surface area contributed by atoms with Gasteiger partial charge in [-0.2, -0.15) is 0 Å². The van der Waals surface area contributed by atoms with Gasteiger partial charge in [0.2, 0.25) is 0 Å². The molecule has 0 rings (SSSR count). The molecule has 0 aromatic rings. The summed E-state index contributed by atoms with van der Waals surface area (Å²) >= 11 is 0. The van der Waals surface area contributed by atoms with Crippen LogP contribution in [0.1, 0.15) is 68.2 Å². The first-order chi connectivity index (χ1) is 19.3. The Hall–Kier alpha value is 1.59. The van der Waals surface area contributed by atoms with E-state index in [2.05, 4.69) is 88.1 Å². The number of rotatable bonds is 29. The molecule has 0 saturated heterocycles. The summed E-state index contributed by atoms with van der Waals surface area (Å²) in [5.41, 5.74) is 0. The fourth-order valence-corrected chi connectivity index (χ4v) is 15.0. The Morgan fingerprint density at radius 1 is 0.525 bits per heavy atom. The zero-order valence-corrected chi connectivity index (χ0v) is 33.4. The summed E-state index contributed by atoms with van der Waals surface area (Å²) in [5.74, 6) is 2.45. The lowest BCUT2D eigenvalue weighted by molar-refractivity contribution is 0.00376. The molecule has 242 valence electrons. The van der Waals surface area contributed by atoms with Gasteiger partial charge in [0, 0.05) is 24.6 Å². The first kappa shape index (κ1) is 41.6. The standard InChI is InChI=1S/C28H66N4O2S4Si2/c1-11-29(12-2)25-27(31(15-5)16-6)33-39(9)23-19-21-35-37-38-36-22-20-24-40(10)34-28(32(17-7)18-8)26-30(13-3)14-4/h27-28,39-40H,11-26H2,1-10H3. The van der Waals surface area contributed by atoms with E-state index in [4.69, 9.17) is 8.85 Å². The molecule has 0 heterocycles. The third-order valence-electron chi connectivity index (χ3n) is 7.64. The molecule has 0 aromatic carbocycles. The zero-order chi connectivity index (χ0) is 30.2. The molecule has 12 heteroatoms. The van der Waals surface area contributed by atoms with Crippen LogP contribution in [-0.4, -0.2) is 127 Å². The van der Waals surface area contributed by atoms with Crippen LogP contribution in [0.2, 0.25) is 25.2 Å². The fourth-order valence-electron chi connectivity index (χ4n) is 4.80. The van der Waals surface area contributed by atoms with Crippen LogP contribution in [0, 0.1) is 0 Å². The van der Waals surface area contributed by atoms with E-state index in [1.54, 1.807) is 0 Å². The summed E-state index contributed by atoms with van der Waals surface area (Å²) in [6.45, 7) is 33.5. The van der Waals surface area contributed by atoms with E-state index in [0.717, 1.165) is 65.4 Å². The minimum Gasteiger partial charge on any atom is -0.404 e. The van der Waals surface area contributed by atoms with Crippen molar-refractivity contribution in [1.29, 1.82) is 0 Å². The summed E-state index contributed by atoms with van der Waals surface area (Å²) in [4.78, 5) is 9.98. The van der Waals surface area contributed by atoms with E-state index in [0.29, 0.717) is 0 Å². The zero-order valence-electron chi connectivity index (χ0n) is 27.9. The largest absolute Gasteiger partial charge is 0.404 e. The van der Waals surface area contributed by atoms with Crippen LogP contribution in [0.25, 0.3) is 0 Å². The molecule has 40 heavy (non-hydrogen) atoms. The van der Waals surface area contributed by atoms with Gasteiger partial charge in [-0.3, -0.25) is 19.6 Å². The number of nitrogens with zero attached hydrogens (tertiary/aromatic N) is 4. The normalized spacial score (nSPS) is 15.4. The highest BCUT2D eigenvalue weighted by Gasteiger charge is 2.23. The summed E-state index contributed by atoms with van der Waals surface area (Å²) in [6.07, 6.45) is 3.06. The van der Waals surface area contributed by atoms with Gasteiger partial charge in [0.25, 0.3) is 0 Å². The van der Waals surface area contributed by atoms with Crippen molar-refractivity contribution >= 4 is 59.3 Å². The van der Waals surface area contributed by atoms with E-state index in [1.165, 1.54) is 36.4 Å². The molecule has 0 saturated carbocycles. The van der Waals surface area contributed by atoms with Crippen molar-refractivity contribution in [3.8, 4) is 0 Å². The van der Waals surface area contributed by atoms with Crippen LogP contribution in [-0.2, 0) is 8.85 Å². The van der Waals surface area contributed by atoms with Crippen LogP contribution in [0.3, 0.4) is 0 Å². The third kappa shape index (κ3) is 19.8. The maximum absolute atomic E-state index is 6.69. The van der Waals surface area contributed by atoms with Crippen LogP contribution >= 0.6 is 41.2 Å².